The minimum Gasteiger partial charge on any atom is -0.384 e. The number of methoxy groups -OCH3 is 1. The van der Waals surface area contributed by atoms with E-state index < -0.39 is 0 Å². The summed E-state index contributed by atoms with van der Waals surface area (Å²) in [7, 11) is 1.56. The quantitative estimate of drug-likeness (QED) is 0.581. The number of aromatic amines is 1. The number of rotatable bonds is 6. The molecule has 150 valence electrons. The Morgan fingerprint density at radius 3 is 2.83 bits per heavy atom. The highest BCUT2D eigenvalue weighted by Gasteiger charge is 2.34. The summed E-state index contributed by atoms with van der Waals surface area (Å²) in [6.07, 6.45) is 0.932. The van der Waals surface area contributed by atoms with Gasteiger partial charge in [-0.1, -0.05) is 35.9 Å². The zero-order chi connectivity index (χ0) is 20.4. The average Bonchev–Trinajstić information content (AvgIpc) is 3.28. The minimum absolute atomic E-state index is 0.104. The van der Waals surface area contributed by atoms with Gasteiger partial charge in [0, 0.05) is 29.5 Å². The van der Waals surface area contributed by atoms with E-state index in [-0.39, 0.29) is 30.3 Å². The van der Waals surface area contributed by atoms with Gasteiger partial charge in [0.15, 0.2) is 0 Å². The van der Waals surface area contributed by atoms with Crippen LogP contribution in [-0.4, -0.2) is 36.6 Å². The van der Waals surface area contributed by atoms with Gasteiger partial charge in [0.25, 0.3) is 5.91 Å². The Morgan fingerprint density at radius 2 is 2.00 bits per heavy atom. The number of aromatic nitrogens is 1. The Kier molecular flexibility index (Phi) is 5.56. The molecule has 3 aromatic rings. The van der Waals surface area contributed by atoms with Gasteiger partial charge in [-0.05, 0) is 41.8 Å². The molecular weight excluding hydrogens is 390 g/mol. The van der Waals surface area contributed by atoms with Gasteiger partial charge in [-0.25, -0.2) is 0 Å². The molecule has 7 heteroatoms. The fourth-order valence-electron chi connectivity index (χ4n) is 3.82. The number of hydrogen-bond donors (Lipinski definition) is 3. The third-order valence-corrected chi connectivity index (χ3v) is 5.46. The molecule has 2 atom stereocenters. The number of hydrogen-bond acceptors (Lipinski definition) is 3. The van der Waals surface area contributed by atoms with Crippen molar-refractivity contribution in [3.8, 4) is 0 Å². The highest BCUT2D eigenvalue weighted by atomic mass is 35.5. The molecule has 0 bridgehead atoms. The molecule has 0 spiro atoms. The second-order valence-electron chi connectivity index (χ2n) is 7.19. The van der Waals surface area contributed by atoms with Crippen molar-refractivity contribution in [3.05, 3.63) is 70.4 Å². The zero-order valence-corrected chi connectivity index (χ0v) is 16.8. The lowest BCUT2D eigenvalue weighted by Crippen LogP contribution is -2.44. The van der Waals surface area contributed by atoms with Crippen LogP contribution in [0.5, 0.6) is 0 Å². The van der Waals surface area contributed by atoms with Gasteiger partial charge in [0.1, 0.15) is 5.69 Å². The SMILES string of the molecule is COCCC(=O)N[C@@H]1c2ccccc2C[C@H]1NC(=O)c1cc2cc(Cl)ccc2[nH]1. The van der Waals surface area contributed by atoms with E-state index in [9.17, 15) is 9.59 Å². The molecule has 0 aliphatic heterocycles. The molecule has 1 aliphatic rings. The molecule has 3 N–H and O–H groups in total. The number of nitrogens with one attached hydrogen (secondary N) is 3. The number of H-pyrrole nitrogens is 1. The Morgan fingerprint density at radius 1 is 1.17 bits per heavy atom. The lowest BCUT2D eigenvalue weighted by atomic mass is 10.1. The van der Waals surface area contributed by atoms with Crippen molar-refractivity contribution in [1.29, 1.82) is 0 Å². The van der Waals surface area contributed by atoms with Crippen molar-refractivity contribution in [2.75, 3.05) is 13.7 Å². The van der Waals surface area contributed by atoms with Gasteiger partial charge >= 0.3 is 0 Å². The molecule has 0 saturated heterocycles. The molecule has 1 heterocycles. The van der Waals surface area contributed by atoms with Crippen LogP contribution in [0.15, 0.2) is 48.5 Å². The van der Waals surface area contributed by atoms with Crippen LogP contribution in [0.3, 0.4) is 0 Å². The predicted octanol–water partition coefficient (Wildman–Crippen LogP) is 3.37. The Balaban J connectivity index is 1.53. The van der Waals surface area contributed by atoms with Crippen LogP contribution in [0, 0.1) is 0 Å². The molecular formula is C22H22ClN3O3. The summed E-state index contributed by atoms with van der Waals surface area (Å²) in [5.41, 5.74) is 3.46. The van der Waals surface area contributed by atoms with Crippen molar-refractivity contribution >= 4 is 34.3 Å². The summed E-state index contributed by atoms with van der Waals surface area (Å²) in [5, 5.41) is 7.63. The van der Waals surface area contributed by atoms with Crippen LogP contribution in [0.2, 0.25) is 5.02 Å². The van der Waals surface area contributed by atoms with Crippen molar-refractivity contribution in [3.63, 3.8) is 0 Å². The molecule has 2 aromatic carbocycles. The first-order chi connectivity index (χ1) is 14.0. The monoisotopic (exact) mass is 411 g/mol. The highest BCUT2D eigenvalue weighted by Crippen LogP contribution is 2.32. The van der Waals surface area contributed by atoms with Gasteiger partial charge in [0.2, 0.25) is 5.91 Å². The van der Waals surface area contributed by atoms with E-state index in [1.807, 2.05) is 36.4 Å². The van der Waals surface area contributed by atoms with E-state index in [0.29, 0.717) is 23.7 Å². The third-order valence-electron chi connectivity index (χ3n) is 5.23. The van der Waals surface area contributed by atoms with Gasteiger partial charge in [0.05, 0.1) is 18.7 Å². The lowest BCUT2D eigenvalue weighted by molar-refractivity contribution is -0.122. The van der Waals surface area contributed by atoms with Crippen molar-refractivity contribution in [1.82, 2.24) is 15.6 Å². The number of carbonyl (C=O) groups excluding carboxylic acids is 2. The lowest BCUT2D eigenvalue weighted by Gasteiger charge is -2.23. The summed E-state index contributed by atoms with van der Waals surface area (Å²) >= 11 is 6.04. The van der Waals surface area contributed by atoms with Gasteiger partial charge < -0.3 is 20.4 Å². The second-order valence-corrected chi connectivity index (χ2v) is 7.62. The van der Waals surface area contributed by atoms with Gasteiger partial charge in [-0.3, -0.25) is 9.59 Å². The van der Waals surface area contributed by atoms with E-state index >= 15 is 0 Å². The molecule has 0 unspecified atom stereocenters. The summed E-state index contributed by atoms with van der Waals surface area (Å²) in [4.78, 5) is 28.3. The normalized spacial score (nSPS) is 17.9. The Labute approximate surface area is 173 Å². The third kappa shape index (κ3) is 4.13. The van der Waals surface area contributed by atoms with Crippen LogP contribution in [0.4, 0.5) is 0 Å². The summed E-state index contributed by atoms with van der Waals surface area (Å²) in [6, 6.07) is 14.6. The molecule has 1 aliphatic carbocycles. The maximum atomic E-state index is 12.9. The molecule has 4 rings (SSSR count). The topological polar surface area (TPSA) is 83.2 Å². The smallest absolute Gasteiger partial charge is 0.268 e. The first-order valence-electron chi connectivity index (χ1n) is 9.50. The number of benzene rings is 2. The number of halogens is 1. The maximum Gasteiger partial charge on any atom is 0.268 e. The van der Waals surface area contributed by atoms with Gasteiger partial charge in [-0.15, -0.1) is 0 Å². The first-order valence-corrected chi connectivity index (χ1v) is 9.88. The number of carbonyl (C=O) groups is 2. The molecule has 1 aromatic heterocycles. The van der Waals surface area contributed by atoms with Crippen molar-refractivity contribution in [2.24, 2.45) is 0 Å². The van der Waals surface area contributed by atoms with E-state index in [1.54, 1.807) is 19.2 Å². The van der Waals surface area contributed by atoms with Crippen LogP contribution in [0.1, 0.15) is 34.1 Å². The van der Waals surface area contributed by atoms with Crippen LogP contribution < -0.4 is 10.6 Å². The van der Waals surface area contributed by atoms with Crippen molar-refractivity contribution < 1.29 is 14.3 Å². The Bertz CT molecular complexity index is 1060. The molecule has 6 nitrogen and oxygen atoms in total. The fraction of sp³-hybridized carbons (Fsp3) is 0.273. The van der Waals surface area contributed by atoms with E-state index in [1.165, 1.54) is 0 Å². The van der Waals surface area contributed by atoms with Crippen LogP contribution >= 0.6 is 11.6 Å². The van der Waals surface area contributed by atoms with Crippen LogP contribution in [-0.2, 0) is 16.0 Å². The Hall–Kier alpha value is -2.83. The number of ether oxygens (including phenoxy) is 1. The predicted molar refractivity (Wildman–Crippen MR) is 112 cm³/mol. The van der Waals surface area contributed by atoms with Crippen molar-refractivity contribution in [2.45, 2.75) is 24.9 Å². The highest BCUT2D eigenvalue weighted by molar-refractivity contribution is 6.31. The number of fused-ring (bicyclic) bond motifs is 2. The van der Waals surface area contributed by atoms with Crippen LogP contribution in [0.25, 0.3) is 10.9 Å². The van der Waals surface area contributed by atoms with E-state index in [2.05, 4.69) is 15.6 Å². The molecule has 0 radical (unpaired) electrons. The summed E-state index contributed by atoms with van der Waals surface area (Å²) in [6.45, 7) is 0.356. The van der Waals surface area contributed by atoms with E-state index in [0.717, 1.165) is 22.0 Å². The first kappa shape index (κ1) is 19.5. The van der Waals surface area contributed by atoms with Gasteiger partial charge in [-0.2, -0.15) is 0 Å². The molecule has 2 amide bonds. The summed E-state index contributed by atoms with van der Waals surface area (Å²) < 4.78 is 4.99. The number of amides is 2. The largest absolute Gasteiger partial charge is 0.384 e. The summed E-state index contributed by atoms with van der Waals surface area (Å²) in [5.74, 6) is -0.320. The molecule has 0 saturated carbocycles. The average molecular weight is 412 g/mol. The minimum atomic E-state index is -0.279. The molecule has 0 fully saturated rings. The van der Waals surface area contributed by atoms with E-state index in [4.69, 9.17) is 16.3 Å². The standard InChI is InChI=1S/C22H22ClN3O3/c1-29-9-8-20(27)26-21-16-5-3-2-4-13(16)11-18(21)25-22(28)19-12-14-10-15(23)6-7-17(14)24-19/h2-7,10,12,18,21,24H,8-9,11H2,1H3,(H,25,28)(H,26,27)/t18-,21-/m1/s1. The second kappa shape index (κ2) is 8.27. The maximum absolute atomic E-state index is 12.9. The zero-order valence-electron chi connectivity index (χ0n) is 16.0. The fourth-order valence-corrected chi connectivity index (χ4v) is 4.00. The molecule has 29 heavy (non-hydrogen) atoms.